The van der Waals surface area contributed by atoms with Crippen LogP contribution in [-0.4, -0.2) is 15.0 Å². The lowest BCUT2D eigenvalue weighted by Crippen LogP contribution is -2.00. The number of hydrogen-bond donors (Lipinski definition) is 2. The molecule has 0 unspecified atom stereocenters. The van der Waals surface area contributed by atoms with Gasteiger partial charge in [0.25, 0.3) is 0 Å². The fraction of sp³-hybridized carbons (Fsp3) is 0.143. The van der Waals surface area contributed by atoms with Crippen LogP contribution in [0.4, 0.5) is 20.3 Å². The van der Waals surface area contributed by atoms with E-state index in [1.165, 1.54) is 12.1 Å². The molecule has 0 spiro atoms. The molecule has 3 rings (SSSR count). The molecule has 0 bridgehead atoms. The van der Waals surface area contributed by atoms with Crippen LogP contribution in [0.2, 0.25) is 0 Å². The zero-order chi connectivity index (χ0) is 14.3. The molecule has 0 amide bonds. The van der Waals surface area contributed by atoms with E-state index in [-0.39, 0.29) is 5.69 Å². The zero-order valence-corrected chi connectivity index (χ0v) is 11.0. The number of aromatic nitrogens is 3. The second kappa shape index (κ2) is 4.56. The highest BCUT2D eigenvalue weighted by Gasteiger charge is 2.11. The lowest BCUT2D eigenvalue weighted by Gasteiger charge is -2.08. The molecule has 0 aliphatic rings. The number of H-pyrrole nitrogens is 1. The molecule has 0 saturated carbocycles. The van der Waals surface area contributed by atoms with E-state index < -0.39 is 11.6 Å². The van der Waals surface area contributed by atoms with Crippen LogP contribution < -0.4 is 5.32 Å². The number of anilines is 2. The summed E-state index contributed by atoms with van der Waals surface area (Å²) in [5, 5.41) is 3.64. The van der Waals surface area contributed by atoms with Crippen LogP contribution in [0.3, 0.4) is 0 Å². The van der Waals surface area contributed by atoms with Gasteiger partial charge in [0.15, 0.2) is 0 Å². The van der Waals surface area contributed by atoms with E-state index in [0.717, 1.165) is 17.1 Å². The van der Waals surface area contributed by atoms with Crippen molar-refractivity contribution in [3.8, 4) is 0 Å². The van der Waals surface area contributed by atoms with E-state index in [1.807, 2.05) is 13.0 Å². The van der Waals surface area contributed by atoms with Crippen molar-refractivity contribution in [3.05, 3.63) is 47.4 Å². The molecule has 1 aromatic carbocycles. The van der Waals surface area contributed by atoms with Gasteiger partial charge >= 0.3 is 0 Å². The molecule has 0 radical (unpaired) electrons. The lowest BCUT2D eigenvalue weighted by atomic mass is 10.2. The first-order valence-electron chi connectivity index (χ1n) is 6.09. The first kappa shape index (κ1) is 12.5. The van der Waals surface area contributed by atoms with Gasteiger partial charge in [0, 0.05) is 11.8 Å². The SMILES string of the molecule is Cc1nc(Nc2ccc(F)cc2F)c2cc(C)[nH]c2n1. The summed E-state index contributed by atoms with van der Waals surface area (Å²) in [4.78, 5) is 11.7. The standard InChI is InChI=1S/C14H12F2N4/c1-7-5-10-13(17-7)18-8(2)19-14(10)20-12-4-3-9(15)6-11(12)16/h3-6H,1-2H3,(H2,17,18,19,20). The highest BCUT2D eigenvalue weighted by atomic mass is 19.1. The van der Waals surface area contributed by atoms with Crippen LogP contribution >= 0.6 is 0 Å². The van der Waals surface area contributed by atoms with Gasteiger partial charge in [-0.15, -0.1) is 0 Å². The minimum absolute atomic E-state index is 0.171. The summed E-state index contributed by atoms with van der Waals surface area (Å²) >= 11 is 0. The Kier molecular flexibility index (Phi) is 2.85. The number of aromatic amines is 1. The Hall–Kier alpha value is -2.50. The van der Waals surface area contributed by atoms with E-state index in [2.05, 4.69) is 20.3 Å². The summed E-state index contributed by atoms with van der Waals surface area (Å²) in [7, 11) is 0. The van der Waals surface area contributed by atoms with Crippen molar-refractivity contribution in [2.24, 2.45) is 0 Å². The maximum absolute atomic E-state index is 13.7. The minimum atomic E-state index is -0.665. The summed E-state index contributed by atoms with van der Waals surface area (Å²) in [6.07, 6.45) is 0. The first-order valence-corrected chi connectivity index (χ1v) is 6.09. The molecule has 20 heavy (non-hydrogen) atoms. The van der Waals surface area contributed by atoms with Gasteiger partial charge in [-0.3, -0.25) is 0 Å². The smallest absolute Gasteiger partial charge is 0.149 e. The van der Waals surface area contributed by atoms with Crippen LogP contribution in [0.1, 0.15) is 11.5 Å². The predicted octanol–water partition coefficient (Wildman–Crippen LogP) is 3.60. The maximum Gasteiger partial charge on any atom is 0.149 e. The van der Waals surface area contributed by atoms with Crippen LogP contribution in [-0.2, 0) is 0 Å². The topological polar surface area (TPSA) is 53.6 Å². The molecule has 3 aromatic rings. The number of nitrogens with zero attached hydrogens (tertiary/aromatic N) is 2. The molecule has 0 fully saturated rings. The van der Waals surface area contributed by atoms with Gasteiger partial charge in [0.05, 0.1) is 11.1 Å². The third-order valence-corrected chi connectivity index (χ3v) is 2.92. The van der Waals surface area contributed by atoms with Crippen molar-refractivity contribution in [3.63, 3.8) is 0 Å². The molecule has 2 heterocycles. The van der Waals surface area contributed by atoms with Crippen LogP contribution in [0.5, 0.6) is 0 Å². The molecular formula is C14H12F2N4. The fourth-order valence-corrected chi connectivity index (χ4v) is 2.07. The molecular weight excluding hydrogens is 262 g/mol. The van der Waals surface area contributed by atoms with Crippen LogP contribution in [0, 0.1) is 25.5 Å². The van der Waals surface area contributed by atoms with Gasteiger partial charge < -0.3 is 10.3 Å². The average Bonchev–Trinajstić information content (AvgIpc) is 2.73. The number of rotatable bonds is 2. The normalized spacial score (nSPS) is 11.0. The van der Waals surface area contributed by atoms with Gasteiger partial charge in [0.2, 0.25) is 0 Å². The third-order valence-electron chi connectivity index (χ3n) is 2.92. The van der Waals surface area contributed by atoms with Gasteiger partial charge in [0.1, 0.15) is 28.9 Å². The van der Waals surface area contributed by atoms with Gasteiger partial charge in [-0.1, -0.05) is 0 Å². The van der Waals surface area contributed by atoms with Crippen molar-refractivity contribution in [2.45, 2.75) is 13.8 Å². The molecule has 0 aliphatic carbocycles. The quantitative estimate of drug-likeness (QED) is 0.750. The average molecular weight is 274 g/mol. The van der Waals surface area contributed by atoms with Crippen LogP contribution in [0.25, 0.3) is 11.0 Å². The largest absolute Gasteiger partial charge is 0.343 e. The Bertz CT molecular complexity index is 795. The Morgan fingerprint density at radius 3 is 2.65 bits per heavy atom. The van der Waals surface area contributed by atoms with Crippen molar-refractivity contribution in [1.82, 2.24) is 15.0 Å². The predicted molar refractivity (Wildman–Crippen MR) is 73.0 cm³/mol. The van der Waals surface area contributed by atoms with E-state index in [0.29, 0.717) is 17.3 Å². The highest BCUT2D eigenvalue weighted by Crippen LogP contribution is 2.26. The minimum Gasteiger partial charge on any atom is -0.343 e. The fourth-order valence-electron chi connectivity index (χ4n) is 2.07. The molecule has 0 atom stereocenters. The number of aryl methyl sites for hydroxylation is 2. The molecule has 0 saturated heterocycles. The number of halogens is 2. The van der Waals surface area contributed by atoms with E-state index in [9.17, 15) is 8.78 Å². The number of nitrogens with one attached hydrogen (secondary N) is 2. The molecule has 2 aromatic heterocycles. The summed E-state index contributed by atoms with van der Waals surface area (Å²) < 4.78 is 26.6. The summed E-state index contributed by atoms with van der Waals surface area (Å²) in [6, 6.07) is 5.24. The second-order valence-electron chi connectivity index (χ2n) is 4.58. The number of hydrogen-bond acceptors (Lipinski definition) is 3. The van der Waals surface area contributed by atoms with Gasteiger partial charge in [-0.25, -0.2) is 18.7 Å². The molecule has 102 valence electrons. The van der Waals surface area contributed by atoms with Crippen molar-refractivity contribution in [2.75, 3.05) is 5.32 Å². The number of fused-ring (bicyclic) bond motifs is 1. The summed E-state index contributed by atoms with van der Waals surface area (Å²) in [5.41, 5.74) is 1.78. The Labute approximate surface area is 113 Å². The maximum atomic E-state index is 13.7. The van der Waals surface area contributed by atoms with Crippen LogP contribution in [0.15, 0.2) is 24.3 Å². The third kappa shape index (κ3) is 2.20. The summed E-state index contributed by atoms with van der Waals surface area (Å²) in [5.74, 6) is -0.233. The molecule has 6 heteroatoms. The van der Waals surface area contributed by atoms with Crippen molar-refractivity contribution < 1.29 is 8.78 Å². The second-order valence-corrected chi connectivity index (χ2v) is 4.58. The van der Waals surface area contributed by atoms with Gasteiger partial charge in [-0.2, -0.15) is 0 Å². The molecule has 2 N–H and O–H groups in total. The number of benzene rings is 1. The lowest BCUT2D eigenvalue weighted by molar-refractivity contribution is 0.586. The summed E-state index contributed by atoms with van der Waals surface area (Å²) in [6.45, 7) is 3.65. The Balaban J connectivity index is 2.10. The highest BCUT2D eigenvalue weighted by molar-refractivity contribution is 5.89. The Morgan fingerprint density at radius 1 is 1.10 bits per heavy atom. The van der Waals surface area contributed by atoms with E-state index >= 15 is 0 Å². The first-order chi connectivity index (χ1) is 9.52. The Morgan fingerprint density at radius 2 is 1.90 bits per heavy atom. The molecule has 4 nitrogen and oxygen atoms in total. The van der Waals surface area contributed by atoms with E-state index in [4.69, 9.17) is 0 Å². The van der Waals surface area contributed by atoms with Gasteiger partial charge in [-0.05, 0) is 32.0 Å². The van der Waals surface area contributed by atoms with Crippen molar-refractivity contribution >= 4 is 22.5 Å². The molecule has 0 aliphatic heterocycles. The van der Waals surface area contributed by atoms with E-state index in [1.54, 1.807) is 6.92 Å². The zero-order valence-electron chi connectivity index (χ0n) is 11.0. The van der Waals surface area contributed by atoms with Crippen molar-refractivity contribution in [1.29, 1.82) is 0 Å². The monoisotopic (exact) mass is 274 g/mol.